The minimum Gasteiger partial charge on any atom is -0.377 e. The summed E-state index contributed by atoms with van der Waals surface area (Å²) in [7, 11) is 3.98. The second-order valence-corrected chi connectivity index (χ2v) is 5.65. The zero-order valence-corrected chi connectivity index (χ0v) is 11.5. The summed E-state index contributed by atoms with van der Waals surface area (Å²) in [5, 5.41) is 3.50. The van der Waals surface area contributed by atoms with Crippen LogP contribution in [0.2, 0.25) is 0 Å². The molecule has 0 aromatic heterocycles. The number of nitrogens with one attached hydrogen (secondary N) is 1. The first kappa shape index (κ1) is 14.0. The molecule has 1 saturated carbocycles. The van der Waals surface area contributed by atoms with Gasteiger partial charge in [-0.3, -0.25) is 0 Å². The normalized spacial score (nSPS) is 23.1. The Kier molecular flexibility index (Phi) is 5.77. The topological polar surface area (TPSA) is 21.3 Å². The number of hydrogen-bond acceptors (Lipinski definition) is 2. The molecule has 1 atom stereocenters. The Bertz CT molecular complexity index is 183. The van der Waals surface area contributed by atoms with Crippen molar-refractivity contribution in [3.63, 3.8) is 0 Å². The third-order valence-corrected chi connectivity index (χ3v) is 4.05. The molecule has 0 aliphatic heterocycles. The Morgan fingerprint density at radius 1 is 1.12 bits per heavy atom. The van der Waals surface area contributed by atoms with Crippen LogP contribution in [0.3, 0.4) is 0 Å². The summed E-state index contributed by atoms with van der Waals surface area (Å²) < 4.78 is 5.95. The standard InChI is InChI=1S/C14H29NO/c1-12(2)11-13(15-3)14(16-4)9-7-5-6-8-10-14/h12-13,15H,5-11H2,1-4H3. The van der Waals surface area contributed by atoms with Gasteiger partial charge < -0.3 is 10.1 Å². The summed E-state index contributed by atoms with van der Waals surface area (Å²) in [6, 6.07) is 0.510. The van der Waals surface area contributed by atoms with E-state index in [1.54, 1.807) is 0 Å². The van der Waals surface area contributed by atoms with Crippen molar-refractivity contribution in [1.82, 2.24) is 5.32 Å². The lowest BCUT2D eigenvalue weighted by Crippen LogP contribution is -2.51. The van der Waals surface area contributed by atoms with Gasteiger partial charge in [0.15, 0.2) is 0 Å². The minimum atomic E-state index is 0.0928. The summed E-state index contributed by atoms with van der Waals surface area (Å²) in [4.78, 5) is 0. The van der Waals surface area contributed by atoms with E-state index in [1.165, 1.54) is 44.9 Å². The summed E-state index contributed by atoms with van der Waals surface area (Å²) in [6.07, 6.45) is 9.06. The fourth-order valence-electron chi connectivity index (χ4n) is 3.09. The van der Waals surface area contributed by atoms with Gasteiger partial charge in [0.05, 0.1) is 5.60 Å². The molecule has 2 nitrogen and oxygen atoms in total. The first-order chi connectivity index (χ1) is 7.64. The van der Waals surface area contributed by atoms with E-state index in [1.807, 2.05) is 7.11 Å². The molecule has 1 aliphatic rings. The van der Waals surface area contributed by atoms with Crippen LogP contribution in [-0.2, 0) is 4.74 Å². The lowest BCUT2D eigenvalue weighted by Gasteiger charge is -2.40. The second kappa shape index (κ2) is 6.61. The van der Waals surface area contributed by atoms with E-state index in [0.717, 1.165) is 5.92 Å². The highest BCUT2D eigenvalue weighted by atomic mass is 16.5. The molecule has 0 bridgehead atoms. The zero-order valence-electron chi connectivity index (χ0n) is 11.5. The third-order valence-electron chi connectivity index (χ3n) is 4.05. The quantitative estimate of drug-likeness (QED) is 0.727. The Morgan fingerprint density at radius 3 is 2.06 bits per heavy atom. The maximum absolute atomic E-state index is 5.95. The summed E-state index contributed by atoms with van der Waals surface area (Å²) in [5.74, 6) is 0.729. The monoisotopic (exact) mass is 227 g/mol. The molecule has 1 aliphatic carbocycles. The van der Waals surface area contributed by atoms with Crippen molar-refractivity contribution in [1.29, 1.82) is 0 Å². The molecule has 0 heterocycles. The van der Waals surface area contributed by atoms with Gasteiger partial charge in [0.2, 0.25) is 0 Å². The van der Waals surface area contributed by atoms with Crippen molar-refractivity contribution in [3.8, 4) is 0 Å². The molecule has 1 rings (SSSR count). The lowest BCUT2D eigenvalue weighted by atomic mass is 9.82. The first-order valence-electron chi connectivity index (χ1n) is 6.87. The number of ether oxygens (including phenoxy) is 1. The molecule has 1 unspecified atom stereocenters. The molecule has 0 aromatic carbocycles. The number of likely N-dealkylation sites (N-methyl/N-ethyl adjacent to an activating group) is 1. The predicted octanol–water partition coefficient (Wildman–Crippen LogP) is 3.36. The third kappa shape index (κ3) is 3.46. The second-order valence-electron chi connectivity index (χ2n) is 5.65. The van der Waals surface area contributed by atoms with Gasteiger partial charge in [0.25, 0.3) is 0 Å². The van der Waals surface area contributed by atoms with E-state index in [0.29, 0.717) is 6.04 Å². The highest BCUT2D eigenvalue weighted by Gasteiger charge is 2.38. The SMILES string of the molecule is CNC(CC(C)C)C1(OC)CCCCCC1. The van der Waals surface area contributed by atoms with Gasteiger partial charge in [-0.1, -0.05) is 39.5 Å². The average Bonchev–Trinajstić information content (AvgIpc) is 2.51. The van der Waals surface area contributed by atoms with E-state index < -0.39 is 0 Å². The van der Waals surface area contributed by atoms with Crippen LogP contribution >= 0.6 is 0 Å². The van der Waals surface area contributed by atoms with E-state index >= 15 is 0 Å². The van der Waals surface area contributed by atoms with Crippen molar-refractivity contribution in [2.75, 3.05) is 14.2 Å². The highest BCUT2D eigenvalue weighted by molar-refractivity contribution is 4.94. The Morgan fingerprint density at radius 2 is 1.69 bits per heavy atom. The fourth-order valence-corrected chi connectivity index (χ4v) is 3.09. The predicted molar refractivity (Wildman–Crippen MR) is 69.7 cm³/mol. The molecule has 1 fully saturated rings. The van der Waals surface area contributed by atoms with Crippen LogP contribution in [0.15, 0.2) is 0 Å². The summed E-state index contributed by atoms with van der Waals surface area (Å²) in [6.45, 7) is 4.59. The van der Waals surface area contributed by atoms with Crippen LogP contribution in [0.5, 0.6) is 0 Å². The molecule has 0 radical (unpaired) electrons. The number of rotatable bonds is 5. The Balaban J connectivity index is 2.72. The van der Waals surface area contributed by atoms with Crippen molar-refractivity contribution < 1.29 is 4.74 Å². The Labute approximate surface area is 101 Å². The van der Waals surface area contributed by atoms with Crippen molar-refractivity contribution >= 4 is 0 Å². The van der Waals surface area contributed by atoms with Gasteiger partial charge in [-0.25, -0.2) is 0 Å². The van der Waals surface area contributed by atoms with Crippen LogP contribution in [0.4, 0.5) is 0 Å². The van der Waals surface area contributed by atoms with E-state index in [2.05, 4.69) is 26.2 Å². The lowest BCUT2D eigenvalue weighted by molar-refractivity contribution is -0.0556. The molecular formula is C14H29NO. The van der Waals surface area contributed by atoms with Crippen molar-refractivity contribution in [2.45, 2.75) is 70.4 Å². The molecule has 16 heavy (non-hydrogen) atoms. The summed E-state index contributed by atoms with van der Waals surface area (Å²) in [5.41, 5.74) is 0.0928. The van der Waals surface area contributed by atoms with Crippen LogP contribution in [0.25, 0.3) is 0 Å². The maximum atomic E-state index is 5.95. The molecular weight excluding hydrogens is 198 g/mol. The molecule has 0 amide bonds. The zero-order chi connectivity index (χ0) is 12.0. The van der Waals surface area contributed by atoms with Crippen LogP contribution in [0, 0.1) is 5.92 Å². The van der Waals surface area contributed by atoms with Crippen LogP contribution in [-0.4, -0.2) is 25.8 Å². The van der Waals surface area contributed by atoms with Gasteiger partial charge in [0, 0.05) is 13.2 Å². The van der Waals surface area contributed by atoms with E-state index in [9.17, 15) is 0 Å². The van der Waals surface area contributed by atoms with Gasteiger partial charge in [-0.2, -0.15) is 0 Å². The van der Waals surface area contributed by atoms with Crippen LogP contribution in [0.1, 0.15) is 58.8 Å². The van der Waals surface area contributed by atoms with E-state index in [-0.39, 0.29) is 5.60 Å². The smallest absolute Gasteiger partial charge is 0.0830 e. The maximum Gasteiger partial charge on any atom is 0.0830 e. The van der Waals surface area contributed by atoms with Gasteiger partial charge in [-0.15, -0.1) is 0 Å². The van der Waals surface area contributed by atoms with Gasteiger partial charge in [-0.05, 0) is 32.2 Å². The highest BCUT2D eigenvalue weighted by Crippen LogP contribution is 2.35. The molecule has 0 spiro atoms. The van der Waals surface area contributed by atoms with Gasteiger partial charge in [0.1, 0.15) is 0 Å². The van der Waals surface area contributed by atoms with Gasteiger partial charge >= 0.3 is 0 Å². The number of hydrogen-bond donors (Lipinski definition) is 1. The molecule has 96 valence electrons. The fraction of sp³-hybridized carbons (Fsp3) is 1.00. The van der Waals surface area contributed by atoms with Crippen molar-refractivity contribution in [2.24, 2.45) is 5.92 Å². The first-order valence-corrected chi connectivity index (χ1v) is 6.87. The molecule has 0 saturated heterocycles. The number of methoxy groups -OCH3 is 1. The van der Waals surface area contributed by atoms with E-state index in [4.69, 9.17) is 4.74 Å². The van der Waals surface area contributed by atoms with Crippen molar-refractivity contribution in [3.05, 3.63) is 0 Å². The Hall–Kier alpha value is -0.0800. The van der Waals surface area contributed by atoms with Crippen LogP contribution < -0.4 is 5.32 Å². The molecule has 1 N–H and O–H groups in total. The minimum absolute atomic E-state index is 0.0928. The average molecular weight is 227 g/mol. The largest absolute Gasteiger partial charge is 0.377 e. The summed E-state index contributed by atoms with van der Waals surface area (Å²) >= 11 is 0. The molecule has 0 aromatic rings. The molecule has 2 heteroatoms.